The maximum atomic E-state index is 12.8. The van der Waals surface area contributed by atoms with Crippen molar-refractivity contribution in [3.05, 3.63) is 71.8 Å². The normalized spacial score (nSPS) is 15.7. The number of benzene rings is 2. The molecule has 3 rings (SSSR count). The van der Waals surface area contributed by atoms with Crippen LogP contribution in [-0.2, 0) is 11.2 Å². The van der Waals surface area contributed by atoms with Gasteiger partial charge in [-0.3, -0.25) is 9.59 Å². The molecule has 0 heterocycles. The largest absolute Gasteiger partial charge is 0.350 e. The van der Waals surface area contributed by atoms with E-state index >= 15 is 0 Å². The summed E-state index contributed by atoms with van der Waals surface area (Å²) >= 11 is 0. The second-order valence-corrected chi connectivity index (χ2v) is 6.77. The average Bonchev–Trinajstić information content (AvgIpc) is 3.52. The Morgan fingerprint density at radius 1 is 0.962 bits per heavy atom. The summed E-state index contributed by atoms with van der Waals surface area (Å²) in [6.07, 6.45) is 2.64. The molecular formula is C21H25N3O2. The van der Waals surface area contributed by atoms with E-state index in [1.807, 2.05) is 36.4 Å². The topological polar surface area (TPSA) is 84.2 Å². The van der Waals surface area contributed by atoms with Gasteiger partial charge in [0.05, 0.1) is 0 Å². The Morgan fingerprint density at radius 3 is 2.15 bits per heavy atom. The molecule has 5 nitrogen and oxygen atoms in total. The second kappa shape index (κ2) is 8.63. The molecule has 1 saturated carbocycles. The number of hydrogen-bond acceptors (Lipinski definition) is 3. The van der Waals surface area contributed by atoms with Crippen molar-refractivity contribution in [1.82, 2.24) is 10.6 Å². The van der Waals surface area contributed by atoms with Crippen LogP contribution in [0.1, 0.15) is 28.8 Å². The molecule has 0 bridgehead atoms. The van der Waals surface area contributed by atoms with E-state index in [1.165, 1.54) is 0 Å². The van der Waals surface area contributed by atoms with Crippen LogP contribution in [0.4, 0.5) is 0 Å². The lowest BCUT2D eigenvalue weighted by Crippen LogP contribution is -2.52. The van der Waals surface area contributed by atoms with E-state index in [0.29, 0.717) is 24.4 Å². The molecule has 136 valence electrons. The Morgan fingerprint density at radius 2 is 1.58 bits per heavy atom. The van der Waals surface area contributed by atoms with Gasteiger partial charge in [-0.25, -0.2) is 0 Å². The van der Waals surface area contributed by atoms with Crippen LogP contribution in [-0.4, -0.2) is 30.4 Å². The molecule has 0 saturated heterocycles. The molecule has 2 aromatic carbocycles. The molecule has 4 N–H and O–H groups in total. The minimum Gasteiger partial charge on any atom is -0.350 e. The van der Waals surface area contributed by atoms with E-state index in [0.717, 1.165) is 18.4 Å². The summed E-state index contributed by atoms with van der Waals surface area (Å²) in [4.78, 5) is 25.4. The number of nitrogens with one attached hydrogen (secondary N) is 2. The van der Waals surface area contributed by atoms with Crippen LogP contribution in [0.15, 0.2) is 60.7 Å². The third-order valence-corrected chi connectivity index (χ3v) is 4.71. The SMILES string of the molecule is NCC(NC(=O)C(Cc1ccccc1)NC(=O)c1ccccc1)C1CC1. The van der Waals surface area contributed by atoms with E-state index < -0.39 is 6.04 Å². The minimum atomic E-state index is -0.641. The fraction of sp³-hybridized carbons (Fsp3) is 0.333. The van der Waals surface area contributed by atoms with E-state index in [2.05, 4.69) is 10.6 Å². The summed E-state index contributed by atoms with van der Waals surface area (Å²) in [7, 11) is 0. The molecule has 2 aromatic rings. The van der Waals surface area contributed by atoms with Crippen LogP contribution in [0.5, 0.6) is 0 Å². The first-order chi connectivity index (χ1) is 12.7. The van der Waals surface area contributed by atoms with Crippen LogP contribution in [0.25, 0.3) is 0 Å². The first-order valence-corrected chi connectivity index (χ1v) is 9.07. The molecule has 1 aliphatic carbocycles. The fourth-order valence-corrected chi connectivity index (χ4v) is 3.04. The highest BCUT2D eigenvalue weighted by Gasteiger charge is 2.33. The zero-order valence-corrected chi connectivity index (χ0v) is 14.7. The monoisotopic (exact) mass is 351 g/mol. The van der Waals surface area contributed by atoms with Gasteiger partial charge in [0, 0.05) is 24.6 Å². The lowest BCUT2D eigenvalue weighted by molar-refractivity contribution is -0.123. The first kappa shape index (κ1) is 18.1. The van der Waals surface area contributed by atoms with E-state index in [4.69, 9.17) is 5.73 Å². The molecule has 2 atom stereocenters. The van der Waals surface area contributed by atoms with Crippen molar-refractivity contribution >= 4 is 11.8 Å². The third kappa shape index (κ3) is 4.92. The van der Waals surface area contributed by atoms with Gasteiger partial charge in [-0.05, 0) is 36.5 Å². The molecule has 0 aromatic heterocycles. The van der Waals surface area contributed by atoms with Crippen LogP contribution >= 0.6 is 0 Å². The molecule has 5 heteroatoms. The summed E-state index contributed by atoms with van der Waals surface area (Å²) in [6, 6.07) is 18.0. The number of rotatable bonds is 8. The van der Waals surface area contributed by atoms with Crippen molar-refractivity contribution < 1.29 is 9.59 Å². The highest BCUT2D eigenvalue weighted by atomic mass is 16.2. The summed E-state index contributed by atoms with van der Waals surface area (Å²) in [5.74, 6) is 0.0315. The Hall–Kier alpha value is -2.66. The fourth-order valence-electron chi connectivity index (χ4n) is 3.04. The Bertz CT molecular complexity index is 729. The van der Waals surface area contributed by atoms with Gasteiger partial charge in [0.25, 0.3) is 5.91 Å². The van der Waals surface area contributed by atoms with Crippen molar-refractivity contribution in [2.24, 2.45) is 11.7 Å². The predicted octanol–water partition coefficient (Wildman–Crippen LogP) is 1.88. The van der Waals surface area contributed by atoms with Crippen LogP contribution < -0.4 is 16.4 Å². The minimum absolute atomic E-state index is 0.0191. The van der Waals surface area contributed by atoms with Gasteiger partial charge in [0.2, 0.25) is 5.91 Å². The third-order valence-electron chi connectivity index (χ3n) is 4.71. The summed E-state index contributed by atoms with van der Waals surface area (Å²) in [5, 5.41) is 5.91. The van der Waals surface area contributed by atoms with Gasteiger partial charge in [-0.1, -0.05) is 48.5 Å². The average molecular weight is 351 g/mol. The predicted molar refractivity (Wildman–Crippen MR) is 102 cm³/mol. The molecule has 2 amide bonds. The van der Waals surface area contributed by atoms with Crippen LogP contribution in [0.3, 0.4) is 0 Å². The van der Waals surface area contributed by atoms with Crippen molar-refractivity contribution in [2.75, 3.05) is 6.54 Å². The van der Waals surface area contributed by atoms with Crippen molar-refractivity contribution in [3.63, 3.8) is 0 Å². The number of nitrogens with two attached hydrogens (primary N) is 1. The first-order valence-electron chi connectivity index (χ1n) is 9.07. The molecule has 2 unspecified atom stereocenters. The summed E-state index contributed by atoms with van der Waals surface area (Å²) in [6.45, 7) is 0.418. The standard InChI is InChI=1S/C21H25N3O2/c22-14-19(16-11-12-16)24-21(26)18(13-15-7-3-1-4-8-15)23-20(25)17-9-5-2-6-10-17/h1-10,16,18-19H,11-14,22H2,(H,23,25)(H,24,26). The van der Waals surface area contributed by atoms with Gasteiger partial charge in [-0.15, -0.1) is 0 Å². The molecular weight excluding hydrogens is 326 g/mol. The summed E-state index contributed by atoms with van der Waals surface area (Å²) in [5.41, 5.74) is 7.34. The maximum absolute atomic E-state index is 12.8. The second-order valence-electron chi connectivity index (χ2n) is 6.77. The molecule has 0 aliphatic heterocycles. The molecule has 0 radical (unpaired) electrons. The molecule has 26 heavy (non-hydrogen) atoms. The van der Waals surface area contributed by atoms with Crippen molar-refractivity contribution in [1.29, 1.82) is 0 Å². The zero-order chi connectivity index (χ0) is 18.4. The van der Waals surface area contributed by atoms with Gasteiger partial charge in [0.15, 0.2) is 0 Å². The van der Waals surface area contributed by atoms with Crippen LogP contribution in [0.2, 0.25) is 0 Å². The van der Waals surface area contributed by atoms with Gasteiger partial charge >= 0.3 is 0 Å². The summed E-state index contributed by atoms with van der Waals surface area (Å²) < 4.78 is 0. The van der Waals surface area contributed by atoms with E-state index in [9.17, 15) is 9.59 Å². The highest BCUT2D eigenvalue weighted by molar-refractivity contribution is 5.97. The number of amides is 2. The lowest BCUT2D eigenvalue weighted by atomic mass is 10.0. The Labute approximate surface area is 154 Å². The van der Waals surface area contributed by atoms with Crippen molar-refractivity contribution in [3.8, 4) is 0 Å². The molecule has 0 spiro atoms. The van der Waals surface area contributed by atoms with E-state index in [-0.39, 0.29) is 17.9 Å². The number of hydrogen-bond donors (Lipinski definition) is 3. The van der Waals surface area contributed by atoms with E-state index in [1.54, 1.807) is 24.3 Å². The Kier molecular flexibility index (Phi) is 6.02. The quantitative estimate of drug-likeness (QED) is 0.679. The zero-order valence-electron chi connectivity index (χ0n) is 14.7. The van der Waals surface area contributed by atoms with Gasteiger partial charge in [-0.2, -0.15) is 0 Å². The molecule has 1 fully saturated rings. The lowest BCUT2D eigenvalue weighted by Gasteiger charge is -2.23. The maximum Gasteiger partial charge on any atom is 0.251 e. The Balaban J connectivity index is 1.72. The number of carbonyl (C=O) groups is 2. The smallest absolute Gasteiger partial charge is 0.251 e. The van der Waals surface area contributed by atoms with Gasteiger partial charge in [0.1, 0.15) is 6.04 Å². The number of carbonyl (C=O) groups excluding carboxylic acids is 2. The molecule has 1 aliphatic rings. The van der Waals surface area contributed by atoms with Crippen molar-refractivity contribution in [2.45, 2.75) is 31.3 Å². The van der Waals surface area contributed by atoms with Crippen LogP contribution in [0, 0.1) is 5.92 Å². The van der Waals surface area contributed by atoms with Gasteiger partial charge < -0.3 is 16.4 Å². The highest BCUT2D eigenvalue weighted by Crippen LogP contribution is 2.32.